The van der Waals surface area contributed by atoms with Crippen molar-refractivity contribution in [1.29, 1.82) is 0 Å². The quantitative estimate of drug-likeness (QED) is 0.764. The number of aryl methyl sites for hydroxylation is 1. The van der Waals surface area contributed by atoms with Gasteiger partial charge in [-0.1, -0.05) is 0 Å². The summed E-state index contributed by atoms with van der Waals surface area (Å²) in [7, 11) is 0. The number of nitrogens with zero attached hydrogens (tertiary/aromatic N) is 1. The molecule has 2 N–H and O–H groups in total. The first kappa shape index (κ1) is 11.3. The molecule has 1 aromatic rings. The lowest BCUT2D eigenvalue weighted by Gasteiger charge is -2.08. The first-order chi connectivity index (χ1) is 6.79. The van der Waals surface area contributed by atoms with Crippen molar-refractivity contribution in [2.24, 2.45) is 0 Å². The van der Waals surface area contributed by atoms with Gasteiger partial charge in [-0.3, -0.25) is 5.32 Å². The minimum atomic E-state index is -4.58. The number of halogens is 3. The van der Waals surface area contributed by atoms with Gasteiger partial charge in [-0.05, 0) is 24.6 Å². The van der Waals surface area contributed by atoms with Gasteiger partial charge in [-0.15, -0.1) is 0 Å². The second-order valence-electron chi connectivity index (χ2n) is 2.84. The number of anilines is 1. The van der Waals surface area contributed by atoms with Gasteiger partial charge in [0, 0.05) is 0 Å². The molecule has 0 bridgehead atoms. The topological polar surface area (TPSA) is 62.2 Å². The maximum atomic E-state index is 12.2. The number of amides is 1. The summed E-state index contributed by atoms with van der Waals surface area (Å²) >= 11 is 0. The smallest absolute Gasteiger partial charge is 0.433 e. The lowest BCUT2D eigenvalue weighted by atomic mass is 10.2. The van der Waals surface area contributed by atoms with Gasteiger partial charge < -0.3 is 5.11 Å². The fourth-order valence-corrected chi connectivity index (χ4v) is 0.986. The Labute approximate surface area is 82.7 Å². The van der Waals surface area contributed by atoms with E-state index >= 15 is 0 Å². The van der Waals surface area contributed by atoms with Crippen LogP contribution in [0, 0.1) is 6.92 Å². The Morgan fingerprint density at radius 3 is 2.53 bits per heavy atom. The van der Waals surface area contributed by atoms with Crippen molar-refractivity contribution in [3.63, 3.8) is 0 Å². The normalized spacial score (nSPS) is 11.2. The monoisotopic (exact) mass is 220 g/mol. The third-order valence-corrected chi connectivity index (χ3v) is 1.50. The van der Waals surface area contributed by atoms with Crippen molar-refractivity contribution in [1.82, 2.24) is 4.98 Å². The zero-order valence-corrected chi connectivity index (χ0v) is 7.59. The van der Waals surface area contributed by atoms with Crippen LogP contribution in [-0.4, -0.2) is 16.2 Å². The molecule has 0 aromatic carbocycles. The highest BCUT2D eigenvalue weighted by atomic mass is 19.4. The molecule has 0 unspecified atom stereocenters. The van der Waals surface area contributed by atoms with E-state index in [0.717, 1.165) is 6.07 Å². The summed E-state index contributed by atoms with van der Waals surface area (Å²) in [5, 5.41) is 10.1. The number of nitrogens with one attached hydrogen (secondary N) is 1. The van der Waals surface area contributed by atoms with Crippen LogP contribution in [0.5, 0.6) is 0 Å². The van der Waals surface area contributed by atoms with Crippen LogP contribution in [-0.2, 0) is 6.18 Å². The fraction of sp³-hybridized carbons (Fsp3) is 0.250. The maximum absolute atomic E-state index is 12.2. The number of hydrogen-bond acceptors (Lipinski definition) is 2. The standard InChI is InChI=1S/C8H7F3N2O2/c1-4-2-5(8(9,10)11)12-6(3-4)13-7(14)15/h2-3H,1H3,(H,12,13)(H,14,15). The molecule has 0 saturated heterocycles. The number of carbonyl (C=O) groups is 1. The second kappa shape index (κ2) is 3.76. The van der Waals surface area contributed by atoms with E-state index < -0.39 is 18.0 Å². The number of carboxylic acid groups (broad SMARTS) is 1. The van der Waals surface area contributed by atoms with Gasteiger partial charge >= 0.3 is 12.3 Å². The molecule has 1 rings (SSSR count). The van der Waals surface area contributed by atoms with Gasteiger partial charge in [0.05, 0.1) is 0 Å². The molecule has 0 aliphatic rings. The van der Waals surface area contributed by atoms with Crippen molar-refractivity contribution >= 4 is 11.9 Å². The van der Waals surface area contributed by atoms with Gasteiger partial charge in [0.15, 0.2) is 0 Å². The van der Waals surface area contributed by atoms with Crippen molar-refractivity contribution < 1.29 is 23.1 Å². The molecule has 7 heteroatoms. The summed E-state index contributed by atoms with van der Waals surface area (Å²) in [4.78, 5) is 13.3. The zero-order chi connectivity index (χ0) is 11.6. The summed E-state index contributed by atoms with van der Waals surface area (Å²) in [6, 6.07) is 2.05. The van der Waals surface area contributed by atoms with Crippen LogP contribution in [0.15, 0.2) is 12.1 Å². The summed E-state index contributed by atoms with van der Waals surface area (Å²) in [6.45, 7) is 1.42. The molecule has 0 aliphatic heterocycles. The summed E-state index contributed by atoms with van der Waals surface area (Å²) in [5.74, 6) is -0.338. The largest absolute Gasteiger partial charge is 0.465 e. The molecule has 0 atom stereocenters. The number of rotatable bonds is 1. The third kappa shape index (κ3) is 3.12. The molecular weight excluding hydrogens is 213 g/mol. The molecule has 0 fully saturated rings. The van der Waals surface area contributed by atoms with Gasteiger partial charge in [-0.2, -0.15) is 13.2 Å². The molecule has 0 spiro atoms. The van der Waals surface area contributed by atoms with Gasteiger partial charge in [-0.25, -0.2) is 9.78 Å². The number of pyridine rings is 1. The molecular formula is C8H7F3N2O2. The van der Waals surface area contributed by atoms with Crippen molar-refractivity contribution in [2.45, 2.75) is 13.1 Å². The highest BCUT2D eigenvalue weighted by Gasteiger charge is 2.33. The minimum absolute atomic E-state index is 0.279. The van der Waals surface area contributed by atoms with Crippen LogP contribution < -0.4 is 5.32 Å². The summed E-state index contributed by atoms with van der Waals surface area (Å²) in [6.07, 6.45) is -6.04. The number of alkyl halides is 3. The van der Waals surface area contributed by atoms with Gasteiger partial charge in [0.1, 0.15) is 11.5 Å². The Morgan fingerprint density at radius 2 is 2.07 bits per heavy atom. The van der Waals surface area contributed by atoms with Crippen LogP contribution >= 0.6 is 0 Å². The van der Waals surface area contributed by atoms with Gasteiger partial charge in [0.2, 0.25) is 0 Å². The number of aromatic nitrogens is 1. The lowest BCUT2D eigenvalue weighted by molar-refractivity contribution is -0.141. The zero-order valence-electron chi connectivity index (χ0n) is 7.59. The van der Waals surface area contributed by atoms with Crippen molar-refractivity contribution in [2.75, 3.05) is 5.32 Å². The van der Waals surface area contributed by atoms with E-state index in [9.17, 15) is 18.0 Å². The van der Waals surface area contributed by atoms with E-state index in [1.54, 1.807) is 5.32 Å². The number of hydrogen-bond donors (Lipinski definition) is 2. The minimum Gasteiger partial charge on any atom is -0.465 e. The molecule has 15 heavy (non-hydrogen) atoms. The van der Waals surface area contributed by atoms with E-state index in [1.165, 1.54) is 13.0 Å². The highest BCUT2D eigenvalue weighted by Crippen LogP contribution is 2.29. The van der Waals surface area contributed by atoms with Gasteiger partial charge in [0.25, 0.3) is 0 Å². The van der Waals surface area contributed by atoms with E-state index in [4.69, 9.17) is 5.11 Å². The van der Waals surface area contributed by atoms with E-state index in [2.05, 4.69) is 4.98 Å². The molecule has 82 valence electrons. The summed E-state index contributed by atoms with van der Waals surface area (Å²) in [5.41, 5.74) is -0.840. The molecule has 0 aliphatic carbocycles. The Hall–Kier alpha value is -1.79. The SMILES string of the molecule is Cc1cc(NC(=O)O)nc(C(F)(F)F)c1. The highest BCUT2D eigenvalue weighted by molar-refractivity contribution is 5.81. The maximum Gasteiger partial charge on any atom is 0.433 e. The van der Waals surface area contributed by atoms with Crippen LogP contribution in [0.3, 0.4) is 0 Å². The Kier molecular flexibility index (Phi) is 2.83. The summed E-state index contributed by atoms with van der Waals surface area (Å²) < 4.78 is 36.7. The molecule has 0 saturated carbocycles. The second-order valence-corrected chi connectivity index (χ2v) is 2.84. The van der Waals surface area contributed by atoms with E-state index in [-0.39, 0.29) is 11.4 Å². The predicted molar refractivity (Wildman–Crippen MR) is 45.6 cm³/mol. The van der Waals surface area contributed by atoms with Crippen LogP contribution in [0.25, 0.3) is 0 Å². The Bertz CT molecular complexity index is 390. The van der Waals surface area contributed by atoms with Crippen LogP contribution in [0.1, 0.15) is 11.3 Å². The molecule has 4 nitrogen and oxygen atoms in total. The van der Waals surface area contributed by atoms with Crippen molar-refractivity contribution in [3.05, 3.63) is 23.4 Å². The van der Waals surface area contributed by atoms with E-state index in [1.807, 2.05) is 0 Å². The van der Waals surface area contributed by atoms with Crippen LogP contribution in [0.2, 0.25) is 0 Å². The first-order valence-corrected chi connectivity index (χ1v) is 3.85. The fourth-order valence-electron chi connectivity index (χ4n) is 0.986. The molecule has 0 radical (unpaired) electrons. The predicted octanol–water partition coefficient (Wildman–Crippen LogP) is 2.50. The molecule has 1 heterocycles. The molecule has 1 amide bonds. The average molecular weight is 220 g/mol. The van der Waals surface area contributed by atoms with Crippen LogP contribution in [0.4, 0.5) is 23.8 Å². The first-order valence-electron chi connectivity index (χ1n) is 3.85. The lowest BCUT2D eigenvalue weighted by Crippen LogP contribution is -2.13. The average Bonchev–Trinajstić information content (AvgIpc) is 1.99. The van der Waals surface area contributed by atoms with E-state index in [0.29, 0.717) is 0 Å². The van der Waals surface area contributed by atoms with Crippen molar-refractivity contribution in [3.8, 4) is 0 Å². The Balaban J connectivity index is 3.11. The molecule has 1 aromatic heterocycles. The third-order valence-electron chi connectivity index (χ3n) is 1.50. The Morgan fingerprint density at radius 1 is 1.47 bits per heavy atom.